The molecule has 1 N–H and O–H groups in total. The highest BCUT2D eigenvalue weighted by atomic mass is 16.5. The highest BCUT2D eigenvalue weighted by molar-refractivity contribution is 4.68. The van der Waals surface area contributed by atoms with Crippen LogP contribution in [0.4, 0.5) is 0 Å². The van der Waals surface area contributed by atoms with Gasteiger partial charge in [0.2, 0.25) is 0 Å². The SMILES string of the molecule is COC(C)C(C)NCCCCn1ccnn1. The Morgan fingerprint density at radius 2 is 2.19 bits per heavy atom. The Labute approximate surface area is 97.2 Å². The van der Waals surface area contributed by atoms with Gasteiger partial charge in [-0.1, -0.05) is 5.21 Å². The predicted molar refractivity (Wildman–Crippen MR) is 63.2 cm³/mol. The van der Waals surface area contributed by atoms with Crippen molar-refractivity contribution < 1.29 is 4.74 Å². The number of hydrogen-bond donors (Lipinski definition) is 1. The molecule has 92 valence electrons. The van der Waals surface area contributed by atoms with Crippen LogP contribution in [0, 0.1) is 0 Å². The maximum absolute atomic E-state index is 5.24. The molecule has 1 heterocycles. The van der Waals surface area contributed by atoms with E-state index in [2.05, 4.69) is 29.5 Å². The molecule has 1 aromatic heterocycles. The summed E-state index contributed by atoms with van der Waals surface area (Å²) < 4.78 is 7.11. The van der Waals surface area contributed by atoms with E-state index in [1.54, 1.807) is 13.3 Å². The van der Waals surface area contributed by atoms with Crippen LogP contribution in [0.1, 0.15) is 26.7 Å². The fraction of sp³-hybridized carbons (Fsp3) is 0.818. The van der Waals surface area contributed by atoms with Gasteiger partial charge >= 0.3 is 0 Å². The zero-order valence-electron chi connectivity index (χ0n) is 10.4. The Balaban J connectivity index is 1.99. The highest BCUT2D eigenvalue weighted by Crippen LogP contribution is 1.97. The molecule has 2 unspecified atom stereocenters. The molecule has 0 radical (unpaired) electrons. The Kier molecular flexibility index (Phi) is 6.03. The summed E-state index contributed by atoms with van der Waals surface area (Å²) in [5, 5.41) is 11.1. The van der Waals surface area contributed by atoms with Gasteiger partial charge in [-0.2, -0.15) is 0 Å². The van der Waals surface area contributed by atoms with E-state index in [1.165, 1.54) is 0 Å². The molecule has 0 aliphatic heterocycles. The predicted octanol–water partition coefficient (Wildman–Crippen LogP) is 1.07. The summed E-state index contributed by atoms with van der Waals surface area (Å²) in [4.78, 5) is 0. The lowest BCUT2D eigenvalue weighted by molar-refractivity contribution is 0.0887. The van der Waals surface area contributed by atoms with Gasteiger partial charge in [0.25, 0.3) is 0 Å². The van der Waals surface area contributed by atoms with Crippen molar-refractivity contribution in [3.05, 3.63) is 12.4 Å². The van der Waals surface area contributed by atoms with Crippen LogP contribution in [0.15, 0.2) is 12.4 Å². The molecule has 2 atom stereocenters. The number of nitrogens with zero attached hydrogens (tertiary/aromatic N) is 3. The second kappa shape index (κ2) is 7.35. The lowest BCUT2D eigenvalue weighted by Crippen LogP contribution is -2.37. The second-order valence-electron chi connectivity index (χ2n) is 4.06. The molecule has 0 spiro atoms. The molecule has 5 nitrogen and oxygen atoms in total. The zero-order chi connectivity index (χ0) is 11.8. The minimum absolute atomic E-state index is 0.260. The summed E-state index contributed by atoms with van der Waals surface area (Å²) in [6.45, 7) is 6.18. The quantitative estimate of drug-likeness (QED) is 0.674. The smallest absolute Gasteiger partial charge is 0.0693 e. The summed E-state index contributed by atoms with van der Waals surface area (Å²) in [5.74, 6) is 0. The maximum atomic E-state index is 5.24. The van der Waals surface area contributed by atoms with Gasteiger partial charge in [-0.3, -0.25) is 4.68 Å². The molecule has 0 aliphatic carbocycles. The van der Waals surface area contributed by atoms with Gasteiger partial charge in [-0.05, 0) is 33.2 Å². The van der Waals surface area contributed by atoms with Crippen molar-refractivity contribution >= 4 is 0 Å². The van der Waals surface area contributed by atoms with Gasteiger partial charge in [0, 0.05) is 25.9 Å². The Hall–Kier alpha value is -0.940. The van der Waals surface area contributed by atoms with Crippen molar-refractivity contribution in [3.8, 4) is 0 Å². The number of aryl methyl sites for hydroxylation is 1. The van der Waals surface area contributed by atoms with Gasteiger partial charge < -0.3 is 10.1 Å². The molecule has 0 amide bonds. The van der Waals surface area contributed by atoms with E-state index in [0.29, 0.717) is 6.04 Å². The van der Waals surface area contributed by atoms with Crippen LogP contribution in [0.5, 0.6) is 0 Å². The van der Waals surface area contributed by atoms with Gasteiger partial charge in [-0.15, -0.1) is 5.10 Å². The van der Waals surface area contributed by atoms with Crippen molar-refractivity contribution in [2.75, 3.05) is 13.7 Å². The molecule has 0 aromatic carbocycles. The monoisotopic (exact) mass is 226 g/mol. The molecule has 5 heteroatoms. The van der Waals surface area contributed by atoms with Crippen molar-refractivity contribution in [2.45, 2.75) is 45.4 Å². The van der Waals surface area contributed by atoms with Crippen LogP contribution in [-0.2, 0) is 11.3 Å². The van der Waals surface area contributed by atoms with Gasteiger partial charge in [0.1, 0.15) is 0 Å². The van der Waals surface area contributed by atoms with Gasteiger partial charge in [0.15, 0.2) is 0 Å². The number of nitrogens with one attached hydrogen (secondary N) is 1. The molecule has 1 aromatic rings. The van der Waals surface area contributed by atoms with E-state index in [1.807, 2.05) is 10.9 Å². The van der Waals surface area contributed by atoms with Crippen molar-refractivity contribution in [3.63, 3.8) is 0 Å². The van der Waals surface area contributed by atoms with Crippen molar-refractivity contribution in [1.82, 2.24) is 20.3 Å². The minimum Gasteiger partial charge on any atom is -0.380 e. The van der Waals surface area contributed by atoms with Crippen LogP contribution in [0.3, 0.4) is 0 Å². The molecule has 0 saturated heterocycles. The molecule has 16 heavy (non-hydrogen) atoms. The third-order valence-corrected chi connectivity index (χ3v) is 2.83. The first-order chi connectivity index (χ1) is 7.74. The topological polar surface area (TPSA) is 52.0 Å². The molecule has 0 saturated carbocycles. The van der Waals surface area contributed by atoms with E-state index in [9.17, 15) is 0 Å². The Bertz CT molecular complexity index is 263. The Morgan fingerprint density at radius 3 is 2.81 bits per heavy atom. The minimum atomic E-state index is 0.260. The number of hydrogen-bond acceptors (Lipinski definition) is 4. The van der Waals surface area contributed by atoms with E-state index in [4.69, 9.17) is 4.74 Å². The van der Waals surface area contributed by atoms with E-state index >= 15 is 0 Å². The zero-order valence-corrected chi connectivity index (χ0v) is 10.4. The van der Waals surface area contributed by atoms with E-state index < -0.39 is 0 Å². The summed E-state index contributed by atoms with van der Waals surface area (Å²) in [5.41, 5.74) is 0. The van der Waals surface area contributed by atoms with Gasteiger partial charge in [0.05, 0.1) is 12.3 Å². The average molecular weight is 226 g/mol. The third kappa shape index (κ3) is 4.72. The van der Waals surface area contributed by atoms with E-state index in [0.717, 1.165) is 25.9 Å². The summed E-state index contributed by atoms with van der Waals surface area (Å²) in [6.07, 6.45) is 6.12. The normalized spacial score (nSPS) is 14.9. The molecule has 0 fully saturated rings. The van der Waals surface area contributed by atoms with Crippen molar-refractivity contribution in [2.24, 2.45) is 0 Å². The third-order valence-electron chi connectivity index (χ3n) is 2.83. The second-order valence-corrected chi connectivity index (χ2v) is 4.06. The fourth-order valence-electron chi connectivity index (χ4n) is 1.45. The molecule has 0 bridgehead atoms. The van der Waals surface area contributed by atoms with Crippen LogP contribution in [0.2, 0.25) is 0 Å². The molecular formula is C11H22N4O. The Morgan fingerprint density at radius 1 is 1.38 bits per heavy atom. The number of methoxy groups -OCH3 is 1. The van der Waals surface area contributed by atoms with Crippen LogP contribution >= 0.6 is 0 Å². The van der Waals surface area contributed by atoms with Crippen molar-refractivity contribution in [1.29, 1.82) is 0 Å². The fourth-order valence-corrected chi connectivity index (χ4v) is 1.45. The largest absolute Gasteiger partial charge is 0.380 e. The van der Waals surface area contributed by atoms with Crippen LogP contribution < -0.4 is 5.32 Å². The van der Waals surface area contributed by atoms with Crippen LogP contribution in [0.25, 0.3) is 0 Å². The van der Waals surface area contributed by atoms with Gasteiger partial charge in [-0.25, -0.2) is 0 Å². The molecular weight excluding hydrogens is 204 g/mol. The summed E-state index contributed by atoms with van der Waals surface area (Å²) in [7, 11) is 1.74. The van der Waals surface area contributed by atoms with E-state index in [-0.39, 0.29) is 6.10 Å². The number of aromatic nitrogens is 3. The lowest BCUT2D eigenvalue weighted by atomic mass is 10.2. The highest BCUT2D eigenvalue weighted by Gasteiger charge is 2.08. The molecule has 0 aliphatic rings. The standard InChI is InChI=1S/C11H22N4O/c1-10(11(2)16-3)12-6-4-5-8-15-9-7-13-14-15/h7,9-12H,4-6,8H2,1-3H3. The van der Waals surface area contributed by atoms with Crippen LogP contribution in [-0.4, -0.2) is 40.8 Å². The number of rotatable bonds is 8. The average Bonchev–Trinajstić information content (AvgIpc) is 2.80. The maximum Gasteiger partial charge on any atom is 0.0693 e. The lowest BCUT2D eigenvalue weighted by Gasteiger charge is -2.19. The number of ether oxygens (including phenoxy) is 1. The first-order valence-corrected chi connectivity index (χ1v) is 5.84. The summed E-state index contributed by atoms with van der Waals surface area (Å²) in [6, 6.07) is 0.399. The number of unbranched alkanes of at least 4 members (excludes halogenated alkanes) is 1. The first kappa shape index (κ1) is 13.1. The molecule has 1 rings (SSSR count). The summed E-state index contributed by atoms with van der Waals surface area (Å²) >= 11 is 0. The first-order valence-electron chi connectivity index (χ1n) is 5.84.